The molecule has 5 heteroatoms. The minimum absolute atomic E-state index is 0. The van der Waals surface area contributed by atoms with Gasteiger partial charge in [-0.25, -0.2) is 0 Å². The fraction of sp³-hybridized carbons (Fsp3) is 0.929. The number of carboxylic acid groups (broad SMARTS) is 1. The van der Waals surface area contributed by atoms with Gasteiger partial charge in [0, 0.05) is 0 Å². The third-order valence-corrected chi connectivity index (χ3v) is 2.89. The van der Waals surface area contributed by atoms with E-state index in [-0.39, 0.29) is 29.6 Å². The van der Waals surface area contributed by atoms with Gasteiger partial charge in [0.05, 0.1) is 11.8 Å². The Bertz CT molecular complexity index is 162. The summed E-state index contributed by atoms with van der Waals surface area (Å²) in [6.07, 6.45) is 13.9. The number of carboxylic acids is 1. The van der Waals surface area contributed by atoms with Gasteiger partial charge >= 0.3 is 29.6 Å². The maximum Gasteiger partial charge on any atom is 1.00 e. The van der Waals surface area contributed by atoms with Gasteiger partial charge in [-0.3, -0.25) is 0 Å². The second-order valence-electron chi connectivity index (χ2n) is 4.48. The predicted octanol–water partition coefficient (Wildman–Crippen LogP) is -0.155. The second kappa shape index (κ2) is 23.8. The summed E-state index contributed by atoms with van der Waals surface area (Å²) in [5, 5.41) is 9.12. The molecule has 3 nitrogen and oxygen atoms in total. The van der Waals surface area contributed by atoms with E-state index in [1.54, 1.807) is 0 Å². The van der Waals surface area contributed by atoms with E-state index in [9.17, 15) is 0 Å². The molecule has 0 radical (unpaired) electrons. The summed E-state index contributed by atoms with van der Waals surface area (Å²) >= 11 is 4.67. The van der Waals surface area contributed by atoms with Crippen molar-refractivity contribution in [2.24, 2.45) is 5.73 Å². The number of carbonyl (C=O) groups excluding carboxylic acids is 1. The van der Waals surface area contributed by atoms with Crippen LogP contribution in [0.4, 0.5) is 0 Å². The zero-order valence-electron chi connectivity index (χ0n) is 12.8. The summed E-state index contributed by atoms with van der Waals surface area (Å²) in [5.41, 5.74) is 5.42. The minimum atomic E-state index is -1.23. The Morgan fingerprint density at radius 2 is 1.26 bits per heavy atom. The number of aliphatic carboxylic acids is 1. The molecule has 0 saturated carbocycles. The number of nitrogens with two attached hydrogens (primary N) is 1. The van der Waals surface area contributed by atoms with E-state index in [0.29, 0.717) is 0 Å². The number of hydrogen-bond acceptors (Lipinski definition) is 3. The van der Waals surface area contributed by atoms with Crippen molar-refractivity contribution < 1.29 is 39.5 Å². The fourth-order valence-corrected chi connectivity index (χ4v) is 1.63. The molecule has 0 atom stereocenters. The van der Waals surface area contributed by atoms with Gasteiger partial charge in [-0.05, 0) is 13.0 Å². The van der Waals surface area contributed by atoms with Crippen LogP contribution in [0.3, 0.4) is 0 Å². The number of alkyl halides is 1. The molecule has 0 heterocycles. The van der Waals surface area contributed by atoms with Crippen molar-refractivity contribution in [1.82, 2.24) is 0 Å². The van der Waals surface area contributed by atoms with Crippen molar-refractivity contribution >= 4 is 17.6 Å². The minimum Gasteiger partial charge on any atom is -0.549 e. The van der Waals surface area contributed by atoms with Crippen LogP contribution in [0, 0.1) is 0 Å². The van der Waals surface area contributed by atoms with E-state index in [2.05, 4.69) is 18.5 Å². The largest absolute Gasteiger partial charge is 1.00 e. The van der Waals surface area contributed by atoms with Crippen LogP contribution in [-0.2, 0) is 4.79 Å². The molecule has 0 aliphatic heterocycles. The van der Waals surface area contributed by atoms with Gasteiger partial charge in [0.15, 0.2) is 0 Å². The normalized spacial score (nSPS) is 9.21. The van der Waals surface area contributed by atoms with Crippen LogP contribution in [-0.4, -0.2) is 18.4 Å². The van der Waals surface area contributed by atoms with Crippen LogP contribution in [0.25, 0.3) is 0 Å². The molecule has 0 saturated heterocycles. The van der Waals surface area contributed by atoms with Crippen LogP contribution in [0.1, 0.15) is 71.1 Å². The van der Waals surface area contributed by atoms with Crippen molar-refractivity contribution in [1.29, 1.82) is 0 Å². The van der Waals surface area contributed by atoms with Crippen LogP contribution < -0.4 is 40.4 Å². The van der Waals surface area contributed by atoms with Gasteiger partial charge < -0.3 is 15.6 Å². The molecule has 0 fully saturated rings. The molecule has 2 N–H and O–H groups in total. The average molecular weight is 302 g/mol. The van der Waals surface area contributed by atoms with Crippen molar-refractivity contribution in [2.45, 2.75) is 71.1 Å². The maximum absolute atomic E-state index is 9.12. The van der Waals surface area contributed by atoms with Gasteiger partial charge in [-0.1, -0.05) is 64.7 Å². The summed E-state index contributed by atoms with van der Waals surface area (Å²) in [4.78, 5) is 9.12. The molecule has 0 aromatic heterocycles. The topological polar surface area (TPSA) is 66.2 Å². The molecule has 0 aromatic rings. The van der Waals surface area contributed by atoms with Gasteiger partial charge in [-0.2, -0.15) is 0 Å². The van der Waals surface area contributed by atoms with Gasteiger partial charge in [0.25, 0.3) is 0 Å². The van der Waals surface area contributed by atoms with Crippen LogP contribution in [0.5, 0.6) is 0 Å². The smallest absolute Gasteiger partial charge is 0.549 e. The first-order valence-electron chi connectivity index (χ1n) is 7.14. The maximum atomic E-state index is 9.12. The van der Waals surface area contributed by atoms with Crippen LogP contribution >= 0.6 is 11.6 Å². The van der Waals surface area contributed by atoms with Crippen LogP contribution in [0.15, 0.2) is 0 Å². The van der Waals surface area contributed by atoms with E-state index in [1.165, 1.54) is 64.2 Å². The molecule has 19 heavy (non-hydrogen) atoms. The molecule has 0 aliphatic rings. The van der Waals surface area contributed by atoms with Crippen LogP contribution in [0.2, 0.25) is 0 Å². The predicted molar refractivity (Wildman–Crippen MR) is 76.6 cm³/mol. The third kappa shape index (κ3) is 32.3. The summed E-state index contributed by atoms with van der Waals surface area (Å²) < 4.78 is 0. The average Bonchev–Trinajstić information content (AvgIpc) is 2.37. The molecule has 0 aliphatic carbocycles. The zero-order chi connectivity index (χ0) is 14.1. The monoisotopic (exact) mass is 301 g/mol. The Kier molecular flexibility index (Phi) is 30.9. The second-order valence-corrected chi connectivity index (χ2v) is 4.74. The Hall–Kier alpha value is 0.720. The zero-order valence-corrected chi connectivity index (χ0v) is 15.5. The summed E-state index contributed by atoms with van der Waals surface area (Å²) in [7, 11) is 0. The Morgan fingerprint density at radius 1 is 0.947 bits per heavy atom. The van der Waals surface area contributed by atoms with Gasteiger partial charge in [0.2, 0.25) is 0 Å². The Balaban J connectivity index is -0.000000366. The van der Waals surface area contributed by atoms with E-state index in [4.69, 9.17) is 15.6 Å². The molecule has 0 amide bonds. The number of carbonyl (C=O) groups is 1. The number of rotatable bonds is 11. The molecule has 0 spiro atoms. The van der Waals surface area contributed by atoms with Crippen molar-refractivity contribution in [3.8, 4) is 0 Å². The molecule has 0 aromatic carbocycles. The Morgan fingerprint density at radius 3 is 1.53 bits per heavy atom. The molecule has 0 unspecified atom stereocenters. The van der Waals surface area contributed by atoms with Crippen molar-refractivity contribution in [3.05, 3.63) is 0 Å². The standard InChI is InChI=1S/C12H27N.C2H3ClO2.Na/c1-2-3-4-5-6-7-8-9-10-11-12-13;3-1-2(4)5;/h2-13H2,1H3;1H2,(H,4,5);/q;;+1/p-1. The summed E-state index contributed by atoms with van der Waals surface area (Å²) in [5.74, 6) is -1.65. The molecule has 0 bridgehead atoms. The molecular weight excluding hydrogens is 273 g/mol. The first-order chi connectivity index (χ1) is 8.68. The van der Waals surface area contributed by atoms with Crippen molar-refractivity contribution in [2.75, 3.05) is 12.4 Å². The first kappa shape index (κ1) is 24.7. The third-order valence-electron chi connectivity index (χ3n) is 2.67. The summed E-state index contributed by atoms with van der Waals surface area (Å²) in [6.45, 7) is 3.14. The number of halogens is 1. The van der Waals surface area contributed by atoms with Gasteiger partial charge in [0.1, 0.15) is 0 Å². The molecular formula is C14H29ClNNaO2. The SMILES string of the molecule is CCCCCCCCCCCCN.O=C([O-])CCl.[Na+]. The van der Waals surface area contributed by atoms with E-state index >= 15 is 0 Å². The van der Waals surface area contributed by atoms with Gasteiger partial charge in [-0.15, -0.1) is 11.6 Å². The number of unbranched alkanes of at least 4 members (excludes halogenated alkanes) is 9. The molecule has 0 rings (SSSR count). The first-order valence-corrected chi connectivity index (χ1v) is 7.68. The molecule has 110 valence electrons. The number of hydrogen-bond donors (Lipinski definition) is 1. The quantitative estimate of drug-likeness (QED) is 0.328. The van der Waals surface area contributed by atoms with E-state index in [1.807, 2.05) is 0 Å². The summed E-state index contributed by atoms with van der Waals surface area (Å²) in [6, 6.07) is 0. The Labute approximate surface area is 146 Å². The van der Waals surface area contributed by atoms with Crippen molar-refractivity contribution in [3.63, 3.8) is 0 Å². The van der Waals surface area contributed by atoms with E-state index in [0.717, 1.165) is 6.54 Å². The fourth-order valence-electron chi connectivity index (χ4n) is 1.63. The van der Waals surface area contributed by atoms with E-state index < -0.39 is 11.8 Å².